The van der Waals surface area contributed by atoms with Gasteiger partial charge in [-0.1, -0.05) is 0 Å². The molecule has 0 amide bonds. The van der Waals surface area contributed by atoms with Gasteiger partial charge in [0.25, 0.3) is 0 Å². The van der Waals surface area contributed by atoms with Gasteiger partial charge < -0.3 is 5.11 Å². The number of rotatable bonds is 3. The summed E-state index contributed by atoms with van der Waals surface area (Å²) in [4.78, 5) is 19.0. The highest BCUT2D eigenvalue weighted by atomic mass is 32.1. The Kier molecular flexibility index (Phi) is 2.96. The molecule has 0 fully saturated rings. The van der Waals surface area contributed by atoms with E-state index in [0.717, 1.165) is 0 Å². The molecule has 2 rings (SSSR count). The molecule has 0 aliphatic heterocycles. The lowest BCUT2D eigenvalue weighted by atomic mass is 10.3. The number of carbonyl (C=O) groups is 1. The first-order valence-corrected chi connectivity index (χ1v) is 5.18. The Morgan fingerprint density at radius 3 is 2.94 bits per heavy atom. The number of hydrogen-bond donors (Lipinski definition) is 2. The molecule has 1 atom stereocenters. The van der Waals surface area contributed by atoms with E-state index in [1.165, 1.54) is 30.1 Å². The van der Waals surface area contributed by atoms with Crippen LogP contribution in [0.3, 0.4) is 0 Å². The number of aliphatic carboxylic acids is 1. The molecule has 2 aromatic rings. The first-order valence-electron chi connectivity index (χ1n) is 4.77. The van der Waals surface area contributed by atoms with Crippen molar-refractivity contribution in [3.8, 4) is 11.5 Å². The molecule has 0 aromatic carbocycles. The summed E-state index contributed by atoms with van der Waals surface area (Å²) in [7, 11) is 0. The maximum Gasteiger partial charge on any atom is 0.326 e. The number of aromatic nitrogens is 5. The van der Waals surface area contributed by atoms with Gasteiger partial charge in [0.15, 0.2) is 10.6 Å². The van der Waals surface area contributed by atoms with E-state index in [1.807, 2.05) is 0 Å². The van der Waals surface area contributed by atoms with Gasteiger partial charge in [0.05, 0.1) is 6.20 Å². The summed E-state index contributed by atoms with van der Waals surface area (Å²) in [5.41, 5.74) is 0.466. The van der Waals surface area contributed by atoms with Gasteiger partial charge in [-0.3, -0.25) is 14.6 Å². The fourth-order valence-corrected chi connectivity index (χ4v) is 1.66. The van der Waals surface area contributed by atoms with E-state index in [1.54, 1.807) is 0 Å². The second-order valence-corrected chi connectivity index (χ2v) is 3.71. The first kappa shape index (κ1) is 11.4. The molecule has 2 aromatic heterocycles. The van der Waals surface area contributed by atoms with E-state index < -0.39 is 12.0 Å². The molecule has 0 aliphatic rings. The molecule has 7 nitrogen and oxygen atoms in total. The van der Waals surface area contributed by atoms with Crippen molar-refractivity contribution in [3.63, 3.8) is 0 Å². The molecular formula is C9H9N5O2S. The van der Waals surface area contributed by atoms with Crippen LogP contribution in [0, 0.1) is 4.77 Å². The number of hydrogen-bond acceptors (Lipinski definition) is 5. The molecule has 8 heteroatoms. The van der Waals surface area contributed by atoms with Crippen LogP contribution in [0.4, 0.5) is 0 Å². The number of carboxylic acids is 1. The molecule has 0 aliphatic carbocycles. The van der Waals surface area contributed by atoms with Crippen LogP contribution in [0.2, 0.25) is 0 Å². The summed E-state index contributed by atoms with van der Waals surface area (Å²) in [6, 6.07) is -0.821. The van der Waals surface area contributed by atoms with E-state index in [0.29, 0.717) is 11.5 Å². The first-order chi connectivity index (χ1) is 8.11. The zero-order chi connectivity index (χ0) is 12.4. The van der Waals surface area contributed by atoms with Crippen LogP contribution in [0.25, 0.3) is 11.5 Å². The average Bonchev–Trinajstić information content (AvgIpc) is 2.71. The van der Waals surface area contributed by atoms with Gasteiger partial charge in [-0.2, -0.15) is 5.10 Å². The van der Waals surface area contributed by atoms with Crippen molar-refractivity contribution in [3.05, 3.63) is 23.4 Å². The Morgan fingerprint density at radius 1 is 1.59 bits per heavy atom. The van der Waals surface area contributed by atoms with Gasteiger partial charge in [0.2, 0.25) is 0 Å². The normalized spacial score (nSPS) is 12.3. The maximum absolute atomic E-state index is 11.0. The number of nitrogens with one attached hydrogen (secondary N) is 1. The van der Waals surface area contributed by atoms with Crippen molar-refractivity contribution in [2.24, 2.45) is 0 Å². The highest BCUT2D eigenvalue weighted by Gasteiger charge is 2.20. The molecule has 0 spiro atoms. The van der Waals surface area contributed by atoms with Crippen molar-refractivity contribution in [2.45, 2.75) is 13.0 Å². The number of nitrogens with zero attached hydrogens (tertiary/aromatic N) is 4. The van der Waals surface area contributed by atoms with Gasteiger partial charge in [-0.05, 0) is 19.1 Å². The highest BCUT2D eigenvalue weighted by molar-refractivity contribution is 7.71. The van der Waals surface area contributed by atoms with E-state index in [2.05, 4.69) is 20.2 Å². The molecule has 0 bridgehead atoms. The third-order valence-electron chi connectivity index (χ3n) is 2.24. The summed E-state index contributed by atoms with van der Waals surface area (Å²) < 4.78 is 1.63. The van der Waals surface area contributed by atoms with E-state index >= 15 is 0 Å². The van der Waals surface area contributed by atoms with Crippen LogP contribution < -0.4 is 0 Å². The number of aromatic amines is 1. The Morgan fingerprint density at radius 2 is 2.35 bits per heavy atom. The van der Waals surface area contributed by atoms with Gasteiger partial charge in [0.1, 0.15) is 11.7 Å². The van der Waals surface area contributed by atoms with Crippen molar-refractivity contribution < 1.29 is 9.90 Å². The highest BCUT2D eigenvalue weighted by Crippen LogP contribution is 2.18. The third kappa shape index (κ3) is 2.07. The zero-order valence-corrected chi connectivity index (χ0v) is 9.68. The van der Waals surface area contributed by atoms with Crippen LogP contribution >= 0.6 is 12.2 Å². The minimum absolute atomic E-state index is 0.237. The molecule has 0 saturated carbocycles. The van der Waals surface area contributed by atoms with Crippen LogP contribution in [0.1, 0.15) is 13.0 Å². The van der Waals surface area contributed by atoms with E-state index in [-0.39, 0.29) is 4.77 Å². The topological polar surface area (TPSA) is 96.7 Å². The molecule has 88 valence electrons. The zero-order valence-electron chi connectivity index (χ0n) is 8.86. The summed E-state index contributed by atoms with van der Waals surface area (Å²) in [6.45, 7) is 1.52. The summed E-state index contributed by atoms with van der Waals surface area (Å²) in [5.74, 6) is -0.634. The van der Waals surface area contributed by atoms with Crippen molar-refractivity contribution >= 4 is 18.2 Å². The molecule has 0 unspecified atom stereocenters. The molecule has 0 saturated heterocycles. The lowest BCUT2D eigenvalue weighted by Gasteiger charge is -2.09. The van der Waals surface area contributed by atoms with Crippen LogP contribution in [0.5, 0.6) is 0 Å². The fraction of sp³-hybridized carbons (Fsp3) is 0.222. The predicted molar refractivity (Wildman–Crippen MR) is 60.8 cm³/mol. The maximum atomic E-state index is 11.0. The number of H-pyrrole nitrogens is 1. The van der Waals surface area contributed by atoms with Crippen molar-refractivity contribution in [2.75, 3.05) is 0 Å². The molecule has 2 N–H and O–H groups in total. The standard InChI is InChI=1S/C9H9N5O2S/c1-5(8(15)16)14-7(12-13-9(14)17)6-4-10-2-3-11-6/h2-5H,1H3,(H,13,17)(H,15,16)/t5-/m0/s1. The lowest BCUT2D eigenvalue weighted by molar-refractivity contribution is -0.140. The van der Waals surface area contributed by atoms with Gasteiger partial charge in [-0.15, -0.1) is 0 Å². The minimum atomic E-state index is -0.993. The smallest absolute Gasteiger partial charge is 0.326 e. The molecule has 0 radical (unpaired) electrons. The fourth-order valence-electron chi connectivity index (χ4n) is 1.37. The van der Waals surface area contributed by atoms with Crippen LogP contribution in [0.15, 0.2) is 18.6 Å². The Hall–Kier alpha value is -2.09. The van der Waals surface area contributed by atoms with Gasteiger partial charge in [0, 0.05) is 12.4 Å². The SMILES string of the molecule is C[C@@H](C(=O)O)n1c(-c2cnccn2)n[nH]c1=S. The quantitative estimate of drug-likeness (QED) is 0.791. The van der Waals surface area contributed by atoms with Gasteiger partial charge >= 0.3 is 5.97 Å². The van der Waals surface area contributed by atoms with Crippen LogP contribution in [-0.2, 0) is 4.79 Å². The second kappa shape index (κ2) is 4.42. The molecule has 2 heterocycles. The van der Waals surface area contributed by atoms with E-state index in [4.69, 9.17) is 17.3 Å². The van der Waals surface area contributed by atoms with Crippen molar-refractivity contribution in [1.29, 1.82) is 0 Å². The van der Waals surface area contributed by atoms with Gasteiger partial charge in [-0.25, -0.2) is 9.78 Å². The monoisotopic (exact) mass is 251 g/mol. The molecular weight excluding hydrogens is 242 g/mol. The summed E-state index contributed by atoms with van der Waals surface area (Å²) in [5, 5.41) is 15.5. The van der Waals surface area contributed by atoms with Crippen LogP contribution in [-0.4, -0.2) is 35.8 Å². The van der Waals surface area contributed by atoms with Crippen molar-refractivity contribution in [1.82, 2.24) is 24.7 Å². The summed E-state index contributed by atoms with van der Waals surface area (Å²) in [6.07, 6.45) is 4.52. The lowest BCUT2D eigenvalue weighted by Crippen LogP contribution is -2.17. The Bertz CT molecular complexity index is 591. The number of carboxylic acid groups (broad SMARTS) is 1. The second-order valence-electron chi connectivity index (χ2n) is 3.33. The van der Waals surface area contributed by atoms with E-state index in [9.17, 15) is 4.79 Å². The molecule has 17 heavy (non-hydrogen) atoms. The Balaban J connectivity index is 2.58. The Labute approximate surface area is 101 Å². The average molecular weight is 251 g/mol. The predicted octanol–water partition coefficient (Wildman–Crippen LogP) is 1.04. The summed E-state index contributed by atoms with van der Waals surface area (Å²) >= 11 is 5.00. The minimum Gasteiger partial charge on any atom is -0.480 e. The largest absolute Gasteiger partial charge is 0.480 e. The third-order valence-corrected chi connectivity index (χ3v) is 2.53.